The van der Waals surface area contributed by atoms with Crippen molar-refractivity contribution in [1.29, 1.82) is 0 Å². The molecule has 0 radical (unpaired) electrons. The van der Waals surface area contributed by atoms with Gasteiger partial charge < -0.3 is 10.1 Å². The van der Waals surface area contributed by atoms with E-state index in [0.29, 0.717) is 0 Å². The average Bonchev–Trinajstić information content (AvgIpc) is 2.35. The summed E-state index contributed by atoms with van der Waals surface area (Å²) in [6.45, 7) is 7.62. The number of unbranched alkanes of at least 4 members (excludes halogenated alkanes) is 2. The third-order valence-electron chi connectivity index (χ3n) is 2.91. The first-order chi connectivity index (χ1) is 8.74. The van der Waals surface area contributed by atoms with Crippen molar-refractivity contribution < 1.29 is 10.1 Å². The third-order valence-corrected chi connectivity index (χ3v) is 3.53. The van der Waals surface area contributed by atoms with Crippen molar-refractivity contribution in [2.24, 2.45) is 0 Å². The van der Waals surface area contributed by atoms with E-state index in [1.807, 2.05) is 6.07 Å². The third kappa shape index (κ3) is 6.41. The van der Waals surface area contributed by atoms with Crippen LogP contribution in [0, 0.1) is 6.92 Å². The summed E-state index contributed by atoms with van der Waals surface area (Å²) in [4.78, 5) is 0. The summed E-state index contributed by atoms with van der Waals surface area (Å²) in [5, 5.41) is 2.41. The number of rotatable bonds is 9. The Hall–Kier alpha value is -0.540. The summed E-state index contributed by atoms with van der Waals surface area (Å²) in [7, 11) is 0. The van der Waals surface area contributed by atoms with Crippen molar-refractivity contribution in [1.82, 2.24) is 0 Å². The minimum atomic E-state index is 0.809. The molecule has 0 saturated carbocycles. The molecule has 2 nitrogen and oxygen atoms in total. The normalized spacial score (nSPS) is 10.6. The molecule has 3 heteroatoms. The molecule has 0 aliphatic heterocycles. The molecule has 0 unspecified atom stereocenters. The zero-order valence-corrected chi connectivity index (χ0v) is 13.1. The van der Waals surface area contributed by atoms with Gasteiger partial charge in [0.05, 0.1) is 24.2 Å². The van der Waals surface area contributed by atoms with Crippen LogP contribution in [0.4, 0.5) is 0 Å². The van der Waals surface area contributed by atoms with Crippen molar-refractivity contribution in [2.75, 3.05) is 19.7 Å². The van der Waals surface area contributed by atoms with Gasteiger partial charge in [-0.1, -0.05) is 19.4 Å². The van der Waals surface area contributed by atoms with Crippen LogP contribution in [-0.4, -0.2) is 19.7 Å². The standard InChI is InChI=1S/C15H24BrNO/c1-3-4-9-17-10-5-6-11-18-15-8-7-13(2)12-14(15)16/h7-8,12,17H,3-6,9-11H2,1-2H3/p+1. The van der Waals surface area contributed by atoms with Crippen LogP contribution in [0.25, 0.3) is 0 Å². The Labute approximate surface area is 119 Å². The number of hydrogen-bond donors (Lipinski definition) is 1. The molecule has 0 fully saturated rings. The van der Waals surface area contributed by atoms with Crippen LogP contribution in [0.3, 0.4) is 0 Å². The molecule has 0 heterocycles. The lowest BCUT2D eigenvalue weighted by Gasteiger charge is -2.08. The van der Waals surface area contributed by atoms with E-state index in [2.05, 4.69) is 47.2 Å². The first-order valence-corrected chi connectivity index (χ1v) is 7.74. The Morgan fingerprint density at radius 3 is 2.67 bits per heavy atom. The SMILES string of the molecule is CCCC[NH2+]CCCCOc1ccc(C)cc1Br. The van der Waals surface area contributed by atoms with E-state index in [1.54, 1.807) is 0 Å². The molecule has 0 bridgehead atoms. The Morgan fingerprint density at radius 1 is 1.17 bits per heavy atom. The van der Waals surface area contributed by atoms with Gasteiger partial charge in [-0.25, -0.2) is 0 Å². The minimum Gasteiger partial charge on any atom is -0.492 e. The molecule has 0 aromatic heterocycles. The highest BCUT2D eigenvalue weighted by Gasteiger charge is 2.00. The largest absolute Gasteiger partial charge is 0.492 e. The second kappa shape index (κ2) is 9.40. The van der Waals surface area contributed by atoms with Gasteiger partial charge in [0.1, 0.15) is 5.75 Å². The Kier molecular flexibility index (Phi) is 8.10. The van der Waals surface area contributed by atoms with Crippen LogP contribution in [0.2, 0.25) is 0 Å². The smallest absolute Gasteiger partial charge is 0.133 e. The van der Waals surface area contributed by atoms with Crippen molar-refractivity contribution in [3.05, 3.63) is 28.2 Å². The molecule has 1 aromatic carbocycles. The lowest BCUT2D eigenvalue weighted by Crippen LogP contribution is -2.84. The van der Waals surface area contributed by atoms with E-state index < -0.39 is 0 Å². The lowest BCUT2D eigenvalue weighted by molar-refractivity contribution is -0.655. The summed E-state index contributed by atoms with van der Waals surface area (Å²) < 4.78 is 6.81. The fraction of sp³-hybridized carbons (Fsp3) is 0.600. The molecule has 1 rings (SSSR count). The maximum Gasteiger partial charge on any atom is 0.133 e. The highest BCUT2D eigenvalue weighted by atomic mass is 79.9. The average molecular weight is 315 g/mol. The van der Waals surface area contributed by atoms with Gasteiger partial charge >= 0.3 is 0 Å². The number of nitrogens with two attached hydrogens (primary N) is 1. The van der Waals surface area contributed by atoms with E-state index in [-0.39, 0.29) is 0 Å². The predicted molar refractivity (Wildman–Crippen MR) is 80.2 cm³/mol. The first-order valence-electron chi connectivity index (χ1n) is 6.94. The molecule has 0 saturated heterocycles. The highest BCUT2D eigenvalue weighted by molar-refractivity contribution is 9.10. The molecule has 0 aliphatic rings. The molecular formula is C15H25BrNO+. The van der Waals surface area contributed by atoms with Gasteiger partial charge in [-0.3, -0.25) is 0 Å². The van der Waals surface area contributed by atoms with Crippen LogP contribution < -0.4 is 10.1 Å². The van der Waals surface area contributed by atoms with Crippen molar-refractivity contribution >= 4 is 15.9 Å². The number of aryl methyl sites for hydroxylation is 1. The van der Waals surface area contributed by atoms with Gasteiger partial charge in [0.25, 0.3) is 0 Å². The quantitative estimate of drug-likeness (QED) is 0.695. The van der Waals surface area contributed by atoms with Gasteiger partial charge in [-0.2, -0.15) is 0 Å². The van der Waals surface area contributed by atoms with Gasteiger partial charge in [-0.05, 0) is 59.8 Å². The zero-order chi connectivity index (χ0) is 13.2. The van der Waals surface area contributed by atoms with Crippen LogP contribution >= 0.6 is 15.9 Å². The summed E-state index contributed by atoms with van der Waals surface area (Å²) in [6, 6.07) is 6.21. The molecule has 18 heavy (non-hydrogen) atoms. The van der Waals surface area contributed by atoms with Gasteiger partial charge in [-0.15, -0.1) is 0 Å². The monoisotopic (exact) mass is 314 g/mol. The first kappa shape index (κ1) is 15.5. The Morgan fingerprint density at radius 2 is 1.94 bits per heavy atom. The predicted octanol–water partition coefficient (Wildman–Crippen LogP) is 3.28. The molecule has 0 atom stereocenters. The second-order valence-electron chi connectivity index (χ2n) is 4.71. The fourth-order valence-corrected chi connectivity index (χ4v) is 2.40. The van der Waals surface area contributed by atoms with Crippen LogP contribution in [0.1, 0.15) is 38.2 Å². The second-order valence-corrected chi connectivity index (χ2v) is 5.56. The molecule has 1 aromatic rings. The zero-order valence-electron chi connectivity index (χ0n) is 11.5. The van der Waals surface area contributed by atoms with E-state index in [9.17, 15) is 0 Å². The highest BCUT2D eigenvalue weighted by Crippen LogP contribution is 2.25. The maximum absolute atomic E-state index is 5.76. The van der Waals surface area contributed by atoms with Gasteiger partial charge in [0, 0.05) is 0 Å². The van der Waals surface area contributed by atoms with Crippen LogP contribution in [0.15, 0.2) is 22.7 Å². The van der Waals surface area contributed by atoms with Gasteiger partial charge in [0.15, 0.2) is 0 Å². The Bertz CT molecular complexity index is 341. The molecular weight excluding hydrogens is 290 g/mol. The van der Waals surface area contributed by atoms with E-state index in [4.69, 9.17) is 4.74 Å². The van der Waals surface area contributed by atoms with Crippen LogP contribution in [0.5, 0.6) is 5.75 Å². The molecule has 0 spiro atoms. The molecule has 0 aliphatic carbocycles. The fourth-order valence-electron chi connectivity index (χ4n) is 1.79. The number of ether oxygens (including phenoxy) is 1. The van der Waals surface area contributed by atoms with Gasteiger partial charge in [0.2, 0.25) is 0 Å². The number of quaternary nitrogens is 1. The van der Waals surface area contributed by atoms with E-state index >= 15 is 0 Å². The Balaban J connectivity index is 2.07. The maximum atomic E-state index is 5.76. The van der Waals surface area contributed by atoms with E-state index in [1.165, 1.54) is 37.9 Å². The molecule has 102 valence electrons. The van der Waals surface area contributed by atoms with E-state index in [0.717, 1.165) is 23.2 Å². The van der Waals surface area contributed by atoms with Crippen molar-refractivity contribution in [3.63, 3.8) is 0 Å². The van der Waals surface area contributed by atoms with Crippen LogP contribution in [-0.2, 0) is 0 Å². The summed E-state index contributed by atoms with van der Waals surface area (Å²) >= 11 is 3.53. The van der Waals surface area contributed by atoms with Crippen molar-refractivity contribution in [3.8, 4) is 5.75 Å². The number of halogens is 1. The minimum absolute atomic E-state index is 0.809. The molecule has 0 amide bonds. The summed E-state index contributed by atoms with van der Waals surface area (Å²) in [6.07, 6.45) is 4.98. The lowest BCUT2D eigenvalue weighted by atomic mass is 10.2. The summed E-state index contributed by atoms with van der Waals surface area (Å²) in [5.41, 5.74) is 1.25. The van der Waals surface area contributed by atoms with Crippen molar-refractivity contribution in [2.45, 2.75) is 39.5 Å². The number of benzene rings is 1. The molecule has 2 N–H and O–H groups in total. The topological polar surface area (TPSA) is 25.8 Å². The summed E-state index contributed by atoms with van der Waals surface area (Å²) in [5.74, 6) is 0.954. The number of hydrogen-bond acceptors (Lipinski definition) is 1.